The van der Waals surface area contributed by atoms with Crippen molar-refractivity contribution in [2.24, 2.45) is 0 Å². The molecule has 5 heteroatoms. The highest BCUT2D eigenvalue weighted by atomic mass is 35.5. The Hall–Kier alpha value is -2.04. The summed E-state index contributed by atoms with van der Waals surface area (Å²) in [5.41, 5.74) is 2.10. The summed E-state index contributed by atoms with van der Waals surface area (Å²) in [5.74, 6) is 0.476. The zero-order chi connectivity index (χ0) is 16.1. The summed E-state index contributed by atoms with van der Waals surface area (Å²) in [6.45, 7) is 2.38. The van der Waals surface area contributed by atoms with Gasteiger partial charge in [0.1, 0.15) is 5.75 Å². The van der Waals surface area contributed by atoms with E-state index in [0.29, 0.717) is 37.1 Å². The molecule has 1 heterocycles. The SMILES string of the molecule is O=C(COc1ccc(-c2ccccc2)cc1Cl)N1CCOCC1. The first kappa shape index (κ1) is 15.8. The van der Waals surface area contributed by atoms with E-state index in [1.54, 1.807) is 11.0 Å². The van der Waals surface area contributed by atoms with Gasteiger partial charge in [-0.05, 0) is 23.3 Å². The summed E-state index contributed by atoms with van der Waals surface area (Å²) in [6, 6.07) is 15.6. The predicted molar refractivity (Wildman–Crippen MR) is 89.8 cm³/mol. The van der Waals surface area contributed by atoms with Gasteiger partial charge < -0.3 is 14.4 Å². The molecule has 4 nitrogen and oxygen atoms in total. The molecule has 1 saturated heterocycles. The van der Waals surface area contributed by atoms with Gasteiger partial charge in [0.15, 0.2) is 6.61 Å². The Bertz CT molecular complexity index is 669. The van der Waals surface area contributed by atoms with Crippen LogP contribution in [0.25, 0.3) is 11.1 Å². The number of morpholine rings is 1. The molecule has 0 N–H and O–H groups in total. The highest BCUT2D eigenvalue weighted by Crippen LogP contribution is 2.30. The minimum Gasteiger partial charge on any atom is -0.482 e. The van der Waals surface area contributed by atoms with Crippen LogP contribution in [-0.4, -0.2) is 43.7 Å². The zero-order valence-electron chi connectivity index (χ0n) is 12.7. The predicted octanol–water partition coefficient (Wildman–Crippen LogP) is 3.24. The Morgan fingerprint density at radius 3 is 2.52 bits per heavy atom. The number of hydrogen-bond donors (Lipinski definition) is 0. The molecule has 2 aromatic rings. The van der Waals surface area contributed by atoms with Crippen molar-refractivity contribution in [3.63, 3.8) is 0 Å². The van der Waals surface area contributed by atoms with Crippen molar-refractivity contribution in [1.29, 1.82) is 0 Å². The molecule has 0 saturated carbocycles. The van der Waals surface area contributed by atoms with Crippen LogP contribution >= 0.6 is 11.6 Å². The lowest BCUT2D eigenvalue weighted by molar-refractivity contribution is -0.137. The molecule has 0 aliphatic carbocycles. The molecule has 2 aromatic carbocycles. The third kappa shape index (κ3) is 4.03. The fourth-order valence-corrected chi connectivity index (χ4v) is 2.71. The number of carbonyl (C=O) groups is 1. The van der Waals surface area contributed by atoms with Gasteiger partial charge >= 0.3 is 0 Å². The molecule has 0 radical (unpaired) electrons. The Morgan fingerprint density at radius 1 is 1.09 bits per heavy atom. The van der Waals surface area contributed by atoms with Crippen molar-refractivity contribution >= 4 is 17.5 Å². The van der Waals surface area contributed by atoms with E-state index < -0.39 is 0 Å². The Labute approximate surface area is 140 Å². The quantitative estimate of drug-likeness (QED) is 0.863. The lowest BCUT2D eigenvalue weighted by Crippen LogP contribution is -2.42. The molecule has 1 aliphatic heterocycles. The molecule has 1 amide bonds. The van der Waals surface area contributed by atoms with Crippen molar-refractivity contribution in [3.8, 4) is 16.9 Å². The number of nitrogens with zero attached hydrogens (tertiary/aromatic N) is 1. The van der Waals surface area contributed by atoms with Gasteiger partial charge in [0.25, 0.3) is 5.91 Å². The van der Waals surface area contributed by atoms with Gasteiger partial charge in [-0.3, -0.25) is 4.79 Å². The number of amides is 1. The lowest BCUT2D eigenvalue weighted by Gasteiger charge is -2.26. The second kappa shape index (κ2) is 7.49. The molecule has 0 unspecified atom stereocenters. The first-order valence-corrected chi connectivity index (χ1v) is 7.95. The molecule has 1 aliphatic rings. The van der Waals surface area contributed by atoms with Gasteiger partial charge in [0.2, 0.25) is 0 Å². The van der Waals surface area contributed by atoms with E-state index in [0.717, 1.165) is 11.1 Å². The monoisotopic (exact) mass is 331 g/mol. The van der Waals surface area contributed by atoms with Gasteiger partial charge in [-0.1, -0.05) is 48.0 Å². The van der Waals surface area contributed by atoms with E-state index in [-0.39, 0.29) is 12.5 Å². The lowest BCUT2D eigenvalue weighted by atomic mass is 10.1. The molecule has 0 atom stereocenters. The van der Waals surface area contributed by atoms with Crippen LogP contribution in [0.1, 0.15) is 0 Å². The first-order valence-electron chi connectivity index (χ1n) is 7.57. The smallest absolute Gasteiger partial charge is 0.260 e. The van der Waals surface area contributed by atoms with Crippen LogP contribution in [0.5, 0.6) is 5.75 Å². The molecule has 120 valence electrons. The van der Waals surface area contributed by atoms with Crippen molar-refractivity contribution in [1.82, 2.24) is 4.90 Å². The number of hydrogen-bond acceptors (Lipinski definition) is 3. The second-order valence-corrected chi connectivity index (χ2v) is 5.70. The van der Waals surface area contributed by atoms with Gasteiger partial charge in [-0.15, -0.1) is 0 Å². The fourth-order valence-electron chi connectivity index (χ4n) is 2.47. The average molecular weight is 332 g/mol. The third-order valence-electron chi connectivity index (χ3n) is 3.75. The van der Waals surface area contributed by atoms with Crippen LogP contribution in [0, 0.1) is 0 Å². The van der Waals surface area contributed by atoms with Crippen LogP contribution < -0.4 is 4.74 Å². The van der Waals surface area contributed by atoms with Gasteiger partial charge in [0.05, 0.1) is 18.2 Å². The summed E-state index contributed by atoms with van der Waals surface area (Å²) < 4.78 is 10.8. The van der Waals surface area contributed by atoms with E-state index >= 15 is 0 Å². The molecule has 3 rings (SSSR count). The number of rotatable bonds is 4. The normalized spacial score (nSPS) is 14.6. The van der Waals surface area contributed by atoms with Crippen LogP contribution in [0.3, 0.4) is 0 Å². The van der Waals surface area contributed by atoms with Crippen LogP contribution in [-0.2, 0) is 9.53 Å². The Balaban J connectivity index is 1.63. The number of carbonyl (C=O) groups excluding carboxylic acids is 1. The minimum absolute atomic E-state index is 0.00952. The molecule has 0 bridgehead atoms. The Kier molecular flexibility index (Phi) is 5.16. The molecular weight excluding hydrogens is 314 g/mol. The maximum Gasteiger partial charge on any atom is 0.260 e. The van der Waals surface area contributed by atoms with Crippen molar-refractivity contribution < 1.29 is 14.3 Å². The topological polar surface area (TPSA) is 38.8 Å². The highest BCUT2D eigenvalue weighted by Gasteiger charge is 2.17. The summed E-state index contributed by atoms with van der Waals surface area (Å²) in [6.07, 6.45) is 0. The first-order chi connectivity index (χ1) is 11.2. The van der Waals surface area contributed by atoms with Crippen molar-refractivity contribution in [2.45, 2.75) is 0 Å². The Morgan fingerprint density at radius 2 is 1.83 bits per heavy atom. The maximum atomic E-state index is 12.1. The van der Waals surface area contributed by atoms with E-state index in [4.69, 9.17) is 21.1 Å². The molecule has 0 aromatic heterocycles. The van der Waals surface area contributed by atoms with Crippen molar-refractivity contribution in [3.05, 3.63) is 53.6 Å². The van der Waals surface area contributed by atoms with E-state index in [2.05, 4.69) is 0 Å². The van der Waals surface area contributed by atoms with Gasteiger partial charge in [-0.25, -0.2) is 0 Å². The van der Waals surface area contributed by atoms with Gasteiger partial charge in [0, 0.05) is 13.1 Å². The number of ether oxygens (including phenoxy) is 2. The number of benzene rings is 2. The van der Waals surface area contributed by atoms with E-state index in [9.17, 15) is 4.79 Å². The molecule has 0 spiro atoms. The van der Waals surface area contributed by atoms with Crippen LogP contribution in [0.4, 0.5) is 0 Å². The standard InChI is InChI=1S/C18H18ClNO3/c19-16-12-15(14-4-2-1-3-5-14)6-7-17(16)23-13-18(21)20-8-10-22-11-9-20/h1-7,12H,8-11,13H2. The largest absolute Gasteiger partial charge is 0.482 e. The average Bonchev–Trinajstić information content (AvgIpc) is 2.62. The van der Waals surface area contributed by atoms with Crippen LogP contribution in [0.15, 0.2) is 48.5 Å². The van der Waals surface area contributed by atoms with E-state index in [1.165, 1.54) is 0 Å². The van der Waals surface area contributed by atoms with Crippen molar-refractivity contribution in [2.75, 3.05) is 32.9 Å². The maximum absolute atomic E-state index is 12.1. The summed E-state index contributed by atoms with van der Waals surface area (Å²) in [4.78, 5) is 13.8. The zero-order valence-corrected chi connectivity index (χ0v) is 13.5. The highest BCUT2D eigenvalue weighted by molar-refractivity contribution is 6.32. The summed E-state index contributed by atoms with van der Waals surface area (Å²) in [7, 11) is 0. The number of halogens is 1. The molecule has 1 fully saturated rings. The fraction of sp³-hybridized carbons (Fsp3) is 0.278. The van der Waals surface area contributed by atoms with E-state index in [1.807, 2.05) is 42.5 Å². The summed E-state index contributed by atoms with van der Waals surface area (Å²) in [5, 5.41) is 0.501. The second-order valence-electron chi connectivity index (χ2n) is 5.29. The molecule has 23 heavy (non-hydrogen) atoms. The minimum atomic E-state index is -0.0449. The van der Waals surface area contributed by atoms with Gasteiger partial charge in [-0.2, -0.15) is 0 Å². The third-order valence-corrected chi connectivity index (χ3v) is 4.05. The molecular formula is C18H18ClNO3. The summed E-state index contributed by atoms with van der Waals surface area (Å²) >= 11 is 6.28. The van der Waals surface area contributed by atoms with Crippen LogP contribution in [0.2, 0.25) is 5.02 Å².